The fourth-order valence-electron chi connectivity index (χ4n) is 9.53. The molecule has 10 amide bonds. The molecular weight excluding hydrogens is 1370 g/mol. The molecule has 0 aliphatic rings. The number of phosphoric ester groups is 2. The molecule has 0 aromatic heterocycles. The first-order valence-electron chi connectivity index (χ1n) is 31.7. The summed E-state index contributed by atoms with van der Waals surface area (Å²) >= 11 is 0. The van der Waals surface area contributed by atoms with E-state index >= 15 is 0 Å². The van der Waals surface area contributed by atoms with Crippen molar-refractivity contribution in [1.29, 1.82) is 0 Å². The molecular formula is C67H84N10O23P2. The van der Waals surface area contributed by atoms with Crippen LogP contribution in [0.5, 0.6) is 11.5 Å². The number of nitrogens with two attached hydrogens (primary N) is 1. The summed E-state index contributed by atoms with van der Waals surface area (Å²) in [4.78, 5) is 194. The predicted octanol–water partition coefficient (Wildman–Crippen LogP) is -0.446. The molecule has 4 rings (SSSR count). The average Bonchev–Trinajstić information content (AvgIpc) is 0.851. The van der Waals surface area contributed by atoms with Gasteiger partial charge in [-0.2, -0.15) is 0 Å². The number of benzene rings is 4. The number of carbonyl (C=O) groups excluding carboxylic acids is 11. The lowest BCUT2D eigenvalue weighted by Gasteiger charge is -2.27. The van der Waals surface area contributed by atoms with E-state index in [0.29, 0.717) is 27.8 Å². The lowest BCUT2D eigenvalue weighted by atomic mass is 10.0. The van der Waals surface area contributed by atoms with Crippen molar-refractivity contribution in [2.45, 2.75) is 148 Å². The Morgan fingerprint density at radius 1 is 0.490 bits per heavy atom. The summed E-state index contributed by atoms with van der Waals surface area (Å²) in [6, 6.07) is 11.9. The van der Waals surface area contributed by atoms with Crippen molar-refractivity contribution in [2.75, 3.05) is 13.1 Å². The van der Waals surface area contributed by atoms with E-state index in [0.717, 1.165) is 13.8 Å². The largest absolute Gasteiger partial charge is 0.524 e. The van der Waals surface area contributed by atoms with Crippen molar-refractivity contribution in [3.63, 3.8) is 0 Å². The van der Waals surface area contributed by atoms with E-state index in [1.807, 2.05) is 13.8 Å². The Kier molecular flexibility index (Phi) is 33.1. The summed E-state index contributed by atoms with van der Waals surface area (Å²) in [5.74, 6) is 0.171. The maximum atomic E-state index is 14.2. The standard InChI is InChI=1S/C67H84N10O23P2/c1-37(2)32-51(60(68)85)74-67(92)59(40(6)79)77-63(88)50(29-30-57(83)84)73-64(89)54(35-45-19-27-49(28-20-45)100-102(96,97)98)75-61(86)47-23-15-42(16-24-47)10-8-12-55(81)46-21-13-43(14-22-46)11-9-31-69-62(87)52(33-38(3)4)72-56(82)36-70-66(91)58(39(5)78)76-65(90)53(71-41(7)80)34-44-17-25-48(26-18-44)99-101(93,94)95/h13-28,37-40,50-54,58-59,78-79H,12,29-36H2,1-7H3,(H2,68,85)(H,69,87)(H,70,91)(H,71,80)(H,72,82)(H,73,89)(H,74,92)(H,75,86)(H,76,90)(H,77,88)(H,83,84)(H2,93,94,95)(H2,96,97,98)/t39-,40-,50+,51+,52+,53+,54+,58+,59+/m1/s1. The van der Waals surface area contributed by atoms with Crippen molar-refractivity contribution < 1.29 is 111 Å². The molecule has 0 radical (unpaired) electrons. The van der Waals surface area contributed by atoms with Crippen LogP contribution in [-0.2, 0) is 69.9 Å². The van der Waals surface area contributed by atoms with Crippen molar-refractivity contribution in [3.05, 3.63) is 130 Å². The molecule has 0 aliphatic heterocycles. The molecule has 4 aromatic carbocycles. The maximum absolute atomic E-state index is 14.2. The highest BCUT2D eigenvalue weighted by Gasteiger charge is 2.35. The van der Waals surface area contributed by atoms with Crippen LogP contribution in [0.15, 0.2) is 97.1 Å². The fraction of sp³-hybridized carbons (Fsp3) is 0.403. The van der Waals surface area contributed by atoms with Crippen LogP contribution in [0, 0.1) is 35.5 Å². The number of hydrogen-bond donors (Lipinski definition) is 17. The molecule has 0 saturated heterocycles. The minimum atomic E-state index is -4.97. The predicted molar refractivity (Wildman–Crippen MR) is 364 cm³/mol. The van der Waals surface area contributed by atoms with Crippen molar-refractivity contribution in [1.82, 2.24) is 47.9 Å². The van der Waals surface area contributed by atoms with Gasteiger partial charge in [-0.25, -0.2) is 9.13 Å². The van der Waals surface area contributed by atoms with E-state index < -0.39 is 155 Å². The first-order valence-corrected chi connectivity index (χ1v) is 34.7. The summed E-state index contributed by atoms with van der Waals surface area (Å²) < 4.78 is 31.7. The molecule has 0 saturated carbocycles. The van der Waals surface area contributed by atoms with Gasteiger partial charge in [0.1, 0.15) is 53.8 Å². The zero-order chi connectivity index (χ0) is 76.2. The highest BCUT2D eigenvalue weighted by Crippen LogP contribution is 2.38. The molecule has 0 heterocycles. The summed E-state index contributed by atoms with van der Waals surface area (Å²) in [7, 11) is -9.81. The number of aliphatic hydroxyl groups is 2. The van der Waals surface area contributed by atoms with Crippen LogP contribution in [0.3, 0.4) is 0 Å². The molecule has 35 heteroatoms. The fourth-order valence-corrected chi connectivity index (χ4v) is 10.3. The van der Waals surface area contributed by atoms with E-state index in [-0.39, 0.29) is 73.3 Å². The first kappa shape index (κ1) is 84.1. The zero-order valence-corrected chi connectivity index (χ0v) is 58.4. The highest BCUT2D eigenvalue weighted by molar-refractivity contribution is 7.47. The van der Waals surface area contributed by atoms with Gasteiger partial charge in [-0.1, -0.05) is 87.8 Å². The van der Waals surface area contributed by atoms with E-state index in [1.165, 1.54) is 91.9 Å². The Hall–Kier alpha value is -10.3. The number of carbonyl (C=O) groups is 12. The number of carboxylic acids is 1. The number of rotatable bonds is 37. The smallest absolute Gasteiger partial charge is 0.481 e. The van der Waals surface area contributed by atoms with Gasteiger partial charge in [0.25, 0.3) is 5.91 Å². The van der Waals surface area contributed by atoms with Crippen LogP contribution in [0.2, 0.25) is 0 Å². The monoisotopic (exact) mass is 1460 g/mol. The van der Waals surface area contributed by atoms with Gasteiger partial charge >= 0.3 is 21.6 Å². The van der Waals surface area contributed by atoms with E-state index in [4.69, 9.17) is 15.5 Å². The number of aliphatic carboxylic acids is 1. The van der Waals surface area contributed by atoms with Crippen LogP contribution in [-0.4, -0.2) is 173 Å². The third-order valence-electron chi connectivity index (χ3n) is 14.5. The molecule has 0 unspecified atom stereocenters. The van der Waals surface area contributed by atoms with Gasteiger partial charge in [-0.05, 0) is 117 Å². The lowest BCUT2D eigenvalue weighted by Crippen LogP contribution is -2.60. The minimum absolute atomic E-state index is 0.0000262. The molecule has 0 spiro atoms. The van der Waals surface area contributed by atoms with E-state index in [9.17, 15) is 91.8 Å². The Morgan fingerprint density at radius 3 is 1.39 bits per heavy atom. The number of Topliss-reactive ketones (excluding diaryl/α,β-unsaturated/α-hetero) is 1. The molecule has 102 heavy (non-hydrogen) atoms. The number of phosphoric acid groups is 2. The number of ketones is 1. The summed E-state index contributed by atoms with van der Waals surface area (Å²) in [6.45, 7) is 9.80. The minimum Gasteiger partial charge on any atom is -0.481 e. The molecule has 550 valence electrons. The van der Waals surface area contributed by atoms with Gasteiger partial charge in [0.15, 0.2) is 5.78 Å². The molecule has 33 nitrogen and oxygen atoms in total. The Labute approximate surface area is 586 Å². The number of amides is 10. The number of primary amides is 1. The Morgan fingerprint density at radius 2 is 0.931 bits per heavy atom. The summed E-state index contributed by atoms with van der Waals surface area (Å²) in [6.07, 6.45) is -4.75. The van der Waals surface area contributed by atoms with Crippen LogP contribution in [0.4, 0.5) is 0 Å². The number of hydrogen-bond acceptors (Lipinski definition) is 18. The maximum Gasteiger partial charge on any atom is 0.524 e. The Balaban J connectivity index is 1.36. The second-order valence-electron chi connectivity index (χ2n) is 24.2. The third-order valence-corrected chi connectivity index (χ3v) is 15.4. The van der Waals surface area contributed by atoms with Crippen LogP contribution in [0.1, 0.15) is 124 Å². The van der Waals surface area contributed by atoms with Crippen molar-refractivity contribution >= 4 is 86.5 Å². The van der Waals surface area contributed by atoms with E-state index in [2.05, 4.69) is 80.6 Å². The van der Waals surface area contributed by atoms with Crippen molar-refractivity contribution in [2.24, 2.45) is 17.6 Å². The molecule has 4 aromatic rings. The number of aliphatic hydroxyl groups excluding tert-OH is 2. The molecule has 9 atom stereocenters. The number of carboxylic acid groups (broad SMARTS) is 1. The van der Waals surface area contributed by atoms with Crippen LogP contribution >= 0.6 is 15.6 Å². The molecule has 0 aliphatic carbocycles. The first-order chi connectivity index (χ1) is 47.7. The summed E-state index contributed by atoms with van der Waals surface area (Å²) in [5.41, 5.74) is 7.32. The van der Waals surface area contributed by atoms with Crippen molar-refractivity contribution in [3.8, 4) is 35.2 Å². The molecule has 0 bridgehead atoms. The molecule has 0 fully saturated rings. The third kappa shape index (κ3) is 31.0. The van der Waals surface area contributed by atoms with Gasteiger partial charge in [0, 0.05) is 48.4 Å². The van der Waals surface area contributed by atoms with Crippen LogP contribution in [0.25, 0.3) is 0 Å². The highest BCUT2D eigenvalue weighted by atomic mass is 31.2. The normalized spacial score (nSPS) is 13.8. The van der Waals surface area contributed by atoms with Gasteiger partial charge in [0.2, 0.25) is 53.2 Å². The second kappa shape index (κ2) is 40.2. The van der Waals surface area contributed by atoms with Gasteiger partial charge < -0.3 is 78.0 Å². The average molecular weight is 1460 g/mol. The van der Waals surface area contributed by atoms with Gasteiger partial charge in [0.05, 0.1) is 31.7 Å². The quantitative estimate of drug-likeness (QED) is 0.0154. The topological polar surface area (TPSA) is 533 Å². The van der Waals surface area contributed by atoms with Crippen LogP contribution < -0.4 is 62.6 Å². The second-order valence-corrected chi connectivity index (χ2v) is 26.6. The van der Waals surface area contributed by atoms with Gasteiger partial charge in [-0.3, -0.25) is 77.1 Å². The molecule has 18 N–H and O–H groups in total. The summed E-state index contributed by atoms with van der Waals surface area (Å²) in [5, 5.41) is 52.5. The number of nitrogens with one attached hydrogen (secondary N) is 9. The van der Waals surface area contributed by atoms with Gasteiger partial charge in [-0.15, -0.1) is 0 Å². The van der Waals surface area contributed by atoms with E-state index in [1.54, 1.807) is 26.0 Å². The Bertz CT molecular complexity index is 3880. The SMILES string of the molecule is CC(=O)N[C@@H](Cc1ccc(OP(=O)(O)O)cc1)C(=O)N[C@H](C(=O)NCC(=O)N[C@@H](CC(C)C)C(=O)NCC#Cc1ccc(C(=O)CC#Cc2ccc(C(=O)N[C@@H](Cc3ccc(OP(=O)(O)O)cc3)C(=O)N[C@@H](CCC(=O)O)C(=O)N[C@H](C(=O)N[C@@H](CC(C)C)C(N)=O)[C@@H](C)O)cc2)cc1)[C@@H](C)O. The lowest BCUT2D eigenvalue weighted by molar-refractivity contribution is -0.139. The zero-order valence-electron chi connectivity index (χ0n) is 56.6.